The van der Waals surface area contributed by atoms with Crippen LogP contribution in [0.5, 0.6) is 0 Å². The Bertz CT molecular complexity index is 617. The minimum Gasteiger partial charge on any atom is -0.271 e. The van der Waals surface area contributed by atoms with Crippen molar-refractivity contribution in [3.8, 4) is 0 Å². The second-order valence-electron chi connectivity index (χ2n) is 4.64. The molecule has 0 radical (unpaired) electrons. The third kappa shape index (κ3) is 3.30. The minimum atomic E-state index is -0.246. The molecule has 3 N–H and O–H groups in total. The summed E-state index contributed by atoms with van der Waals surface area (Å²) in [6.07, 6.45) is 0.600. The van der Waals surface area contributed by atoms with Gasteiger partial charge in [-0.2, -0.15) is 0 Å². The van der Waals surface area contributed by atoms with E-state index in [1.807, 2.05) is 19.1 Å². The number of nitrogens with two attached hydrogens (primary N) is 1. The number of benzene rings is 2. The first-order valence-corrected chi connectivity index (χ1v) is 6.93. The van der Waals surface area contributed by atoms with Crippen LogP contribution in [-0.2, 0) is 6.42 Å². The van der Waals surface area contributed by atoms with Crippen LogP contribution >= 0.6 is 23.2 Å². The van der Waals surface area contributed by atoms with E-state index in [1.165, 1.54) is 12.1 Å². The van der Waals surface area contributed by atoms with Gasteiger partial charge in [-0.05, 0) is 48.2 Å². The van der Waals surface area contributed by atoms with E-state index in [4.69, 9.17) is 29.0 Å². The highest BCUT2D eigenvalue weighted by atomic mass is 35.5. The van der Waals surface area contributed by atoms with Gasteiger partial charge in [0.25, 0.3) is 0 Å². The van der Waals surface area contributed by atoms with Crippen molar-refractivity contribution in [3.63, 3.8) is 0 Å². The van der Waals surface area contributed by atoms with Crippen LogP contribution in [0, 0.1) is 12.7 Å². The molecular weight excluding hydrogens is 298 g/mol. The van der Waals surface area contributed by atoms with Gasteiger partial charge in [0.05, 0.1) is 16.1 Å². The van der Waals surface area contributed by atoms with Crippen LogP contribution in [0.1, 0.15) is 22.7 Å². The van der Waals surface area contributed by atoms with Crippen LogP contribution in [0.4, 0.5) is 4.39 Å². The van der Waals surface area contributed by atoms with Crippen LogP contribution in [-0.4, -0.2) is 0 Å². The summed E-state index contributed by atoms with van der Waals surface area (Å²) in [5.74, 6) is 5.38. The number of rotatable bonds is 4. The first-order chi connectivity index (χ1) is 9.52. The van der Waals surface area contributed by atoms with Gasteiger partial charge in [0.2, 0.25) is 0 Å². The van der Waals surface area contributed by atoms with E-state index >= 15 is 0 Å². The summed E-state index contributed by atoms with van der Waals surface area (Å²) in [7, 11) is 0. The van der Waals surface area contributed by atoms with Crippen LogP contribution in [0.25, 0.3) is 0 Å². The van der Waals surface area contributed by atoms with Crippen molar-refractivity contribution in [2.24, 2.45) is 5.84 Å². The Morgan fingerprint density at radius 2 is 2.00 bits per heavy atom. The predicted octanol–water partition coefficient (Wildman–Crippen LogP) is 4.19. The average Bonchev–Trinajstić information content (AvgIpc) is 2.42. The lowest BCUT2D eigenvalue weighted by Crippen LogP contribution is -2.30. The Labute approximate surface area is 127 Å². The maximum Gasteiger partial charge on any atom is 0.123 e. The molecule has 1 atom stereocenters. The van der Waals surface area contributed by atoms with Crippen molar-refractivity contribution in [3.05, 3.63) is 69.0 Å². The molecule has 0 aliphatic carbocycles. The van der Waals surface area contributed by atoms with Crippen molar-refractivity contribution in [1.29, 1.82) is 0 Å². The standard InChI is InChI=1S/C15H15Cl2FN2/c1-9-7-11(18)6-5-10(9)8-14(20-19)12-3-2-4-13(16)15(12)17/h2-7,14,20H,8,19H2,1H3. The Balaban J connectivity index is 2.31. The Morgan fingerprint density at radius 3 is 2.65 bits per heavy atom. The monoisotopic (exact) mass is 312 g/mol. The molecular formula is C15H15Cl2FN2. The SMILES string of the molecule is Cc1cc(F)ccc1CC(NN)c1cccc(Cl)c1Cl. The fourth-order valence-corrected chi connectivity index (χ4v) is 2.60. The molecule has 2 nitrogen and oxygen atoms in total. The van der Waals surface area contributed by atoms with Gasteiger partial charge in [-0.25, -0.2) is 4.39 Å². The maximum absolute atomic E-state index is 13.1. The molecule has 0 fully saturated rings. The first-order valence-electron chi connectivity index (χ1n) is 6.18. The van der Waals surface area contributed by atoms with Gasteiger partial charge in [-0.15, -0.1) is 0 Å². The average molecular weight is 313 g/mol. The van der Waals surface area contributed by atoms with Gasteiger partial charge in [0.1, 0.15) is 5.82 Å². The number of nitrogens with one attached hydrogen (secondary N) is 1. The van der Waals surface area contributed by atoms with Gasteiger partial charge in [-0.1, -0.05) is 41.4 Å². The van der Waals surface area contributed by atoms with Crippen LogP contribution in [0.15, 0.2) is 36.4 Å². The topological polar surface area (TPSA) is 38.0 Å². The number of hydrogen-bond donors (Lipinski definition) is 2. The lowest BCUT2D eigenvalue weighted by atomic mass is 9.96. The molecule has 0 bridgehead atoms. The van der Waals surface area contributed by atoms with Gasteiger partial charge < -0.3 is 0 Å². The Kier molecular flexibility index (Phi) is 5.00. The van der Waals surface area contributed by atoms with Crippen molar-refractivity contribution >= 4 is 23.2 Å². The van der Waals surface area contributed by atoms with Crippen LogP contribution in [0.3, 0.4) is 0 Å². The van der Waals surface area contributed by atoms with E-state index in [-0.39, 0.29) is 11.9 Å². The van der Waals surface area contributed by atoms with Crippen molar-refractivity contribution in [2.45, 2.75) is 19.4 Å². The third-order valence-electron chi connectivity index (χ3n) is 3.29. The number of aryl methyl sites for hydroxylation is 1. The molecule has 1 unspecified atom stereocenters. The van der Waals surface area contributed by atoms with E-state index < -0.39 is 0 Å². The summed E-state index contributed by atoms with van der Waals surface area (Å²) < 4.78 is 13.1. The molecule has 0 aliphatic heterocycles. The molecule has 0 aromatic heterocycles. The molecule has 2 aromatic carbocycles. The summed E-state index contributed by atoms with van der Waals surface area (Å²) in [4.78, 5) is 0. The zero-order valence-electron chi connectivity index (χ0n) is 11.0. The lowest BCUT2D eigenvalue weighted by Gasteiger charge is -2.19. The van der Waals surface area contributed by atoms with E-state index in [1.54, 1.807) is 12.1 Å². The highest BCUT2D eigenvalue weighted by Crippen LogP contribution is 2.31. The molecule has 0 spiro atoms. The molecule has 5 heteroatoms. The third-order valence-corrected chi connectivity index (χ3v) is 4.12. The summed E-state index contributed by atoms with van der Waals surface area (Å²) in [6, 6.07) is 9.93. The number of halogens is 3. The summed E-state index contributed by atoms with van der Waals surface area (Å²) in [6.45, 7) is 1.87. The smallest absolute Gasteiger partial charge is 0.123 e. The van der Waals surface area contributed by atoms with Gasteiger partial charge in [0.15, 0.2) is 0 Å². The van der Waals surface area contributed by atoms with Crippen LogP contribution < -0.4 is 11.3 Å². The zero-order valence-corrected chi connectivity index (χ0v) is 12.5. The molecule has 0 heterocycles. The fourth-order valence-electron chi connectivity index (χ4n) is 2.16. The second kappa shape index (κ2) is 6.55. The molecule has 0 saturated carbocycles. The summed E-state index contributed by atoms with van der Waals surface area (Å²) >= 11 is 12.2. The van der Waals surface area contributed by atoms with Crippen LogP contribution in [0.2, 0.25) is 10.0 Å². The molecule has 0 saturated heterocycles. The molecule has 0 aliphatic rings. The lowest BCUT2D eigenvalue weighted by molar-refractivity contribution is 0.549. The number of hydrazine groups is 1. The highest BCUT2D eigenvalue weighted by molar-refractivity contribution is 6.42. The van der Waals surface area contributed by atoms with Crippen molar-refractivity contribution in [2.75, 3.05) is 0 Å². The highest BCUT2D eigenvalue weighted by Gasteiger charge is 2.16. The quantitative estimate of drug-likeness (QED) is 0.656. The fraction of sp³-hybridized carbons (Fsp3) is 0.200. The van der Waals surface area contributed by atoms with Crippen molar-refractivity contribution < 1.29 is 4.39 Å². The molecule has 0 amide bonds. The van der Waals surface area contributed by atoms with Crippen molar-refractivity contribution in [1.82, 2.24) is 5.43 Å². The largest absolute Gasteiger partial charge is 0.271 e. The first kappa shape index (κ1) is 15.3. The van der Waals surface area contributed by atoms with Gasteiger partial charge in [-0.3, -0.25) is 11.3 Å². The second-order valence-corrected chi connectivity index (χ2v) is 5.42. The predicted molar refractivity (Wildman–Crippen MR) is 81.4 cm³/mol. The number of hydrogen-bond acceptors (Lipinski definition) is 2. The molecule has 2 rings (SSSR count). The maximum atomic E-state index is 13.1. The summed E-state index contributed by atoms with van der Waals surface area (Å²) in [5.41, 5.74) is 5.45. The molecule has 2 aromatic rings. The van der Waals surface area contributed by atoms with E-state index in [9.17, 15) is 4.39 Å². The molecule has 20 heavy (non-hydrogen) atoms. The van der Waals surface area contributed by atoms with Gasteiger partial charge in [0, 0.05) is 0 Å². The van der Waals surface area contributed by atoms with Gasteiger partial charge >= 0.3 is 0 Å². The Morgan fingerprint density at radius 1 is 1.25 bits per heavy atom. The van der Waals surface area contributed by atoms with E-state index in [0.717, 1.165) is 16.7 Å². The van der Waals surface area contributed by atoms with E-state index in [2.05, 4.69) is 5.43 Å². The molecule has 106 valence electrons. The normalized spacial score (nSPS) is 12.4. The minimum absolute atomic E-state index is 0.189. The zero-order chi connectivity index (χ0) is 14.7. The van der Waals surface area contributed by atoms with E-state index in [0.29, 0.717) is 16.5 Å². The summed E-state index contributed by atoms with van der Waals surface area (Å²) in [5, 5.41) is 0.970. The Hall–Kier alpha value is -1.13.